The lowest BCUT2D eigenvalue weighted by Gasteiger charge is -2.54. The fourth-order valence-corrected chi connectivity index (χ4v) is 7.50. The van der Waals surface area contributed by atoms with Crippen molar-refractivity contribution in [2.24, 2.45) is 35.0 Å². The fourth-order valence-electron chi connectivity index (χ4n) is 7.11. The van der Waals surface area contributed by atoms with Gasteiger partial charge in [-0.3, -0.25) is 4.79 Å². The van der Waals surface area contributed by atoms with E-state index in [0.717, 1.165) is 44.1 Å². The molecule has 4 aliphatic carbocycles. The van der Waals surface area contributed by atoms with Gasteiger partial charge in [-0.25, -0.2) is 4.39 Å². The van der Waals surface area contributed by atoms with Gasteiger partial charge < -0.3 is 5.11 Å². The quantitative estimate of drug-likeness (QED) is 0.633. The number of carbonyl (C=O) groups excluding carboxylic acids is 1. The van der Waals surface area contributed by atoms with Crippen LogP contribution in [0, 0.1) is 35.0 Å². The molecule has 0 aromatic carbocycles. The van der Waals surface area contributed by atoms with Gasteiger partial charge in [-0.15, -0.1) is 0 Å². The van der Waals surface area contributed by atoms with Gasteiger partial charge in [0, 0.05) is 12.3 Å². The van der Waals surface area contributed by atoms with E-state index in [0.29, 0.717) is 47.6 Å². The summed E-state index contributed by atoms with van der Waals surface area (Å²) in [7, 11) is 0. The van der Waals surface area contributed by atoms with Gasteiger partial charge in [0.05, 0.1) is 16.8 Å². The Labute approximate surface area is 158 Å². The average molecular weight is 413 g/mol. The summed E-state index contributed by atoms with van der Waals surface area (Å²) < 4.78 is 15.0. The zero-order valence-corrected chi connectivity index (χ0v) is 16.9. The molecule has 0 amide bonds. The molecule has 140 valence electrons. The molecule has 0 aromatic heterocycles. The molecular weight excluding hydrogens is 383 g/mol. The van der Waals surface area contributed by atoms with Gasteiger partial charge in [0.1, 0.15) is 5.78 Å². The van der Waals surface area contributed by atoms with E-state index in [9.17, 15) is 9.90 Å². The molecule has 7 atom stereocenters. The summed E-state index contributed by atoms with van der Waals surface area (Å²) in [6, 6.07) is 0. The summed E-state index contributed by atoms with van der Waals surface area (Å²) >= 11 is 3.36. The minimum atomic E-state index is -0.736. The van der Waals surface area contributed by atoms with Crippen molar-refractivity contribution in [3.8, 4) is 0 Å². The van der Waals surface area contributed by atoms with Crippen LogP contribution in [0.4, 0.5) is 4.39 Å². The smallest absolute Gasteiger partial charge is 0.147 e. The molecule has 0 radical (unpaired) electrons. The van der Waals surface area contributed by atoms with E-state index in [4.69, 9.17) is 0 Å². The third-order valence-electron chi connectivity index (χ3n) is 8.31. The lowest BCUT2D eigenvalue weighted by atomic mass is 9.51. The van der Waals surface area contributed by atoms with Gasteiger partial charge >= 0.3 is 0 Å². The molecular formula is C21H30BrFO2. The van der Waals surface area contributed by atoms with Gasteiger partial charge in [0.2, 0.25) is 0 Å². The van der Waals surface area contributed by atoms with Crippen LogP contribution in [0.1, 0.15) is 65.2 Å². The zero-order chi connectivity index (χ0) is 18.0. The number of aliphatic hydroxyl groups is 1. The lowest BCUT2D eigenvalue weighted by Crippen LogP contribution is -2.48. The molecule has 0 aliphatic heterocycles. The normalized spacial score (nSPS) is 49.4. The summed E-state index contributed by atoms with van der Waals surface area (Å²) in [5, 5.41) is 10.8. The average Bonchev–Trinajstić information content (AvgIpc) is 2.91. The second kappa shape index (κ2) is 6.15. The molecule has 4 heteroatoms. The van der Waals surface area contributed by atoms with E-state index in [1.54, 1.807) is 0 Å². The summed E-state index contributed by atoms with van der Waals surface area (Å²) in [4.78, 5) is 12.4. The number of hydrogen-bond acceptors (Lipinski definition) is 2. The molecule has 1 N–H and O–H groups in total. The van der Waals surface area contributed by atoms with Crippen LogP contribution in [0.2, 0.25) is 0 Å². The van der Waals surface area contributed by atoms with Crippen molar-refractivity contribution in [3.05, 3.63) is 11.4 Å². The first-order chi connectivity index (χ1) is 11.8. The molecule has 0 aromatic rings. The first kappa shape index (κ1) is 18.2. The molecule has 0 spiro atoms. The van der Waals surface area contributed by atoms with Crippen molar-refractivity contribution in [2.45, 2.75) is 70.8 Å². The van der Waals surface area contributed by atoms with Crippen LogP contribution in [-0.4, -0.2) is 21.8 Å². The molecule has 0 unspecified atom stereocenters. The Kier molecular flexibility index (Phi) is 4.47. The predicted molar refractivity (Wildman–Crippen MR) is 100 cm³/mol. The van der Waals surface area contributed by atoms with Crippen LogP contribution in [0.3, 0.4) is 0 Å². The van der Waals surface area contributed by atoms with Crippen LogP contribution in [-0.2, 0) is 4.79 Å². The SMILES string of the molecule is C[C@]1(O)CC[C@H]2C(=C(F)C[C@@H]3[C@@H]2CC[C@]2(C)[C@@H](C(=O)CBr)CC[C@@H]32)C1. The van der Waals surface area contributed by atoms with Gasteiger partial charge in [0.15, 0.2) is 0 Å². The maximum Gasteiger partial charge on any atom is 0.147 e. The Morgan fingerprint density at radius 3 is 2.68 bits per heavy atom. The molecule has 2 nitrogen and oxygen atoms in total. The highest BCUT2D eigenvalue weighted by molar-refractivity contribution is 9.09. The van der Waals surface area contributed by atoms with Crippen molar-refractivity contribution >= 4 is 21.7 Å². The highest BCUT2D eigenvalue weighted by Gasteiger charge is 2.58. The number of hydrogen-bond donors (Lipinski definition) is 1. The van der Waals surface area contributed by atoms with Gasteiger partial charge in [0.25, 0.3) is 0 Å². The standard InChI is InChI=1S/C21H30BrFO2/c1-20(25)7-5-13-12-6-8-21(2)16(3-4-17(21)19(24)11-22)14(12)9-18(23)15(13)10-20/h12-14,16-17,25H,3-11H2,1-2H3/t12-,13-,14-,16+,17-,20+,21+/m1/s1. The summed E-state index contributed by atoms with van der Waals surface area (Å²) in [5.41, 5.74) is 0.247. The number of halogens is 2. The summed E-state index contributed by atoms with van der Waals surface area (Å²) in [6.45, 7) is 4.15. The monoisotopic (exact) mass is 412 g/mol. The Hall–Kier alpha value is -0.220. The van der Waals surface area contributed by atoms with E-state index >= 15 is 4.39 Å². The van der Waals surface area contributed by atoms with Gasteiger partial charge in [-0.1, -0.05) is 22.9 Å². The zero-order valence-electron chi connectivity index (χ0n) is 15.4. The highest BCUT2D eigenvalue weighted by atomic mass is 79.9. The molecule has 25 heavy (non-hydrogen) atoms. The first-order valence-corrected chi connectivity index (χ1v) is 11.1. The predicted octanol–water partition coefficient (Wildman–Crippen LogP) is 5.19. The first-order valence-electron chi connectivity index (χ1n) is 9.95. The molecule has 0 heterocycles. The number of rotatable bonds is 2. The van der Waals surface area contributed by atoms with Crippen LogP contribution in [0.15, 0.2) is 11.4 Å². The Bertz CT molecular complexity index is 613. The number of ketones is 1. The largest absolute Gasteiger partial charge is 0.390 e. The van der Waals surface area contributed by atoms with E-state index in [1.807, 2.05) is 6.92 Å². The van der Waals surface area contributed by atoms with Crippen LogP contribution in [0.5, 0.6) is 0 Å². The second-order valence-corrected chi connectivity index (χ2v) is 10.2. The van der Waals surface area contributed by atoms with Crippen LogP contribution >= 0.6 is 15.9 Å². The minimum Gasteiger partial charge on any atom is -0.390 e. The number of carbonyl (C=O) groups is 1. The van der Waals surface area contributed by atoms with E-state index < -0.39 is 5.60 Å². The van der Waals surface area contributed by atoms with Crippen molar-refractivity contribution in [2.75, 3.05) is 5.33 Å². The van der Waals surface area contributed by atoms with Crippen molar-refractivity contribution < 1.29 is 14.3 Å². The molecule has 4 rings (SSSR count). The van der Waals surface area contributed by atoms with Crippen molar-refractivity contribution in [1.29, 1.82) is 0 Å². The van der Waals surface area contributed by atoms with Gasteiger partial charge in [-0.05, 0) is 86.5 Å². The fraction of sp³-hybridized carbons (Fsp3) is 0.857. The maximum atomic E-state index is 15.0. The van der Waals surface area contributed by atoms with E-state index in [2.05, 4.69) is 22.9 Å². The molecule has 4 aliphatic rings. The number of alkyl halides is 1. The topological polar surface area (TPSA) is 37.3 Å². The van der Waals surface area contributed by atoms with E-state index in [1.165, 1.54) is 0 Å². The number of Topliss-reactive ketones (excluding diaryl/α,β-unsaturated/α-hetero) is 1. The van der Waals surface area contributed by atoms with E-state index in [-0.39, 0.29) is 17.2 Å². The maximum absolute atomic E-state index is 15.0. The number of allylic oxidation sites excluding steroid dienone is 1. The summed E-state index contributed by atoms with van der Waals surface area (Å²) in [6.07, 6.45) is 7.04. The summed E-state index contributed by atoms with van der Waals surface area (Å²) in [5.74, 6) is 2.31. The Balaban J connectivity index is 1.63. The Morgan fingerprint density at radius 1 is 1.20 bits per heavy atom. The van der Waals surface area contributed by atoms with Crippen LogP contribution in [0.25, 0.3) is 0 Å². The molecule has 3 fully saturated rings. The third-order valence-corrected chi connectivity index (χ3v) is 8.86. The third kappa shape index (κ3) is 2.77. The molecule has 0 saturated heterocycles. The number of fused-ring (bicyclic) bond motifs is 5. The second-order valence-electron chi connectivity index (χ2n) is 9.66. The minimum absolute atomic E-state index is 0.0595. The Morgan fingerprint density at radius 2 is 1.96 bits per heavy atom. The van der Waals surface area contributed by atoms with Gasteiger partial charge in [-0.2, -0.15) is 0 Å². The lowest BCUT2D eigenvalue weighted by molar-refractivity contribution is -0.126. The van der Waals surface area contributed by atoms with Crippen molar-refractivity contribution in [3.63, 3.8) is 0 Å². The molecule has 3 saturated carbocycles. The molecule has 0 bridgehead atoms. The van der Waals surface area contributed by atoms with Crippen LogP contribution < -0.4 is 0 Å². The van der Waals surface area contributed by atoms with Crippen molar-refractivity contribution in [1.82, 2.24) is 0 Å². The highest BCUT2D eigenvalue weighted by Crippen LogP contribution is 2.64.